The third kappa shape index (κ3) is 8.90. The molecule has 3 rings (SSSR count). The lowest BCUT2D eigenvalue weighted by molar-refractivity contribution is -0.139. The smallest absolute Gasteiger partial charge is 0.310 e. The molecule has 224 valence electrons. The van der Waals surface area contributed by atoms with E-state index < -0.39 is 8.32 Å². The molecule has 41 heavy (non-hydrogen) atoms. The van der Waals surface area contributed by atoms with Gasteiger partial charge in [0, 0.05) is 23.1 Å². The zero-order valence-electron chi connectivity index (χ0n) is 26.2. The molecule has 0 spiro atoms. The zero-order valence-corrected chi connectivity index (χ0v) is 28.0. The van der Waals surface area contributed by atoms with Crippen LogP contribution in [0, 0.1) is 12.8 Å². The Morgan fingerprint density at radius 1 is 1.02 bits per heavy atom. The van der Waals surface area contributed by atoms with Crippen molar-refractivity contribution in [3.63, 3.8) is 0 Å². The van der Waals surface area contributed by atoms with Gasteiger partial charge in [-0.15, -0.1) is 11.3 Å². The Hall–Kier alpha value is -2.68. The Bertz CT molecular complexity index is 1240. The van der Waals surface area contributed by atoms with Crippen molar-refractivity contribution in [2.45, 2.75) is 84.0 Å². The number of hydrogen-bond donors (Lipinski definition) is 0. The molecule has 0 saturated carbocycles. The van der Waals surface area contributed by atoms with E-state index in [2.05, 4.69) is 76.3 Å². The number of esters is 1. The summed E-state index contributed by atoms with van der Waals surface area (Å²) in [6.07, 6.45) is 5.59. The molecular formula is C33H47NO5SSi. The van der Waals surface area contributed by atoms with Crippen LogP contribution >= 0.6 is 11.3 Å². The first kappa shape index (κ1) is 32.8. The van der Waals surface area contributed by atoms with Crippen molar-refractivity contribution in [2.24, 2.45) is 5.92 Å². The van der Waals surface area contributed by atoms with Crippen LogP contribution in [0.5, 0.6) is 11.5 Å². The Balaban J connectivity index is 2.05. The maximum atomic E-state index is 11.9. The van der Waals surface area contributed by atoms with Crippen molar-refractivity contribution in [3.8, 4) is 11.5 Å². The van der Waals surface area contributed by atoms with Crippen LogP contribution in [-0.2, 0) is 33.2 Å². The highest BCUT2D eigenvalue weighted by Crippen LogP contribution is 2.45. The summed E-state index contributed by atoms with van der Waals surface area (Å²) in [7, 11) is 2.63. The number of aryl methyl sites for hydroxylation is 1. The van der Waals surface area contributed by atoms with Gasteiger partial charge in [-0.05, 0) is 73.5 Å². The maximum Gasteiger partial charge on any atom is 0.310 e. The molecule has 1 heterocycles. The van der Waals surface area contributed by atoms with Crippen molar-refractivity contribution < 1.29 is 23.4 Å². The molecule has 1 aromatic heterocycles. The standard InChI is InChI=1S/C33H47NO5SSi/c1-23-28(36-5)18-26(19-29(23)37-6)32(39-41(8,9)33(2,3)4)25(17-13-16-24-14-11-10-12-15-24)20-30-34-22-27(40-30)21-31(35)38-7/h10-12,14-15,18-19,22,25,32H,13,16-17,20-21H2,1-9H3/t25-,32-/m0/s1. The van der Waals surface area contributed by atoms with E-state index in [0.29, 0.717) is 0 Å². The Kier molecular flexibility index (Phi) is 11.6. The molecule has 6 nitrogen and oxygen atoms in total. The number of ether oxygens (including phenoxy) is 3. The molecular weight excluding hydrogens is 551 g/mol. The third-order valence-corrected chi connectivity index (χ3v) is 13.7. The predicted octanol–water partition coefficient (Wildman–Crippen LogP) is 8.13. The molecule has 0 unspecified atom stereocenters. The molecule has 0 amide bonds. The van der Waals surface area contributed by atoms with E-state index in [1.165, 1.54) is 12.7 Å². The van der Waals surface area contributed by atoms with Crippen LogP contribution in [0.3, 0.4) is 0 Å². The number of hydrogen-bond acceptors (Lipinski definition) is 7. The van der Waals surface area contributed by atoms with Gasteiger partial charge in [0.2, 0.25) is 0 Å². The fraction of sp³-hybridized carbons (Fsp3) is 0.515. The monoisotopic (exact) mass is 597 g/mol. The van der Waals surface area contributed by atoms with Crippen LogP contribution in [0.1, 0.15) is 66.3 Å². The minimum atomic E-state index is -2.18. The molecule has 0 aliphatic rings. The second-order valence-corrected chi connectivity index (χ2v) is 18.1. The normalized spacial score (nSPS) is 13.5. The predicted molar refractivity (Wildman–Crippen MR) is 170 cm³/mol. The Labute approximate surface area is 251 Å². The summed E-state index contributed by atoms with van der Waals surface area (Å²) in [5.41, 5.74) is 3.37. The maximum absolute atomic E-state index is 11.9. The fourth-order valence-corrected chi connectivity index (χ4v) is 7.06. The molecule has 0 radical (unpaired) electrons. The summed E-state index contributed by atoms with van der Waals surface area (Å²) < 4.78 is 23.7. The third-order valence-electron chi connectivity index (χ3n) is 8.23. The fourth-order valence-electron chi connectivity index (χ4n) is 4.74. The Morgan fingerprint density at radius 3 is 2.22 bits per heavy atom. The molecule has 0 N–H and O–H groups in total. The number of carbonyl (C=O) groups excluding carboxylic acids is 1. The van der Waals surface area contributed by atoms with Crippen LogP contribution in [-0.4, -0.2) is 40.6 Å². The van der Waals surface area contributed by atoms with E-state index in [4.69, 9.17) is 23.6 Å². The highest BCUT2D eigenvalue weighted by Gasteiger charge is 2.41. The lowest BCUT2D eigenvalue weighted by Crippen LogP contribution is -2.43. The van der Waals surface area contributed by atoms with E-state index in [1.807, 2.05) is 6.92 Å². The minimum Gasteiger partial charge on any atom is -0.496 e. The molecule has 0 bridgehead atoms. The van der Waals surface area contributed by atoms with Crippen molar-refractivity contribution in [2.75, 3.05) is 21.3 Å². The molecule has 0 saturated heterocycles. The second-order valence-electron chi connectivity index (χ2n) is 12.2. The zero-order chi connectivity index (χ0) is 30.2. The van der Waals surface area contributed by atoms with Gasteiger partial charge in [0.15, 0.2) is 8.32 Å². The number of thiazole rings is 1. The van der Waals surface area contributed by atoms with Crippen molar-refractivity contribution in [3.05, 3.63) is 75.2 Å². The second kappa shape index (κ2) is 14.5. The first-order chi connectivity index (χ1) is 19.4. The van der Waals surface area contributed by atoms with Gasteiger partial charge in [-0.25, -0.2) is 4.98 Å². The van der Waals surface area contributed by atoms with Crippen LogP contribution in [0.4, 0.5) is 0 Å². The van der Waals surface area contributed by atoms with Gasteiger partial charge < -0.3 is 18.6 Å². The topological polar surface area (TPSA) is 66.9 Å². The number of carbonyl (C=O) groups is 1. The molecule has 0 fully saturated rings. The van der Waals surface area contributed by atoms with E-state index in [-0.39, 0.29) is 29.5 Å². The van der Waals surface area contributed by atoms with Crippen molar-refractivity contribution >= 4 is 25.6 Å². The van der Waals surface area contributed by atoms with E-state index in [0.717, 1.165) is 58.2 Å². The van der Waals surface area contributed by atoms with Gasteiger partial charge >= 0.3 is 5.97 Å². The van der Waals surface area contributed by atoms with E-state index in [1.54, 1.807) is 31.8 Å². The average molecular weight is 598 g/mol. The lowest BCUT2D eigenvalue weighted by atomic mass is 9.87. The van der Waals surface area contributed by atoms with Gasteiger partial charge in [-0.1, -0.05) is 51.1 Å². The van der Waals surface area contributed by atoms with Gasteiger partial charge in [0.1, 0.15) is 11.5 Å². The van der Waals surface area contributed by atoms with Crippen LogP contribution in [0.15, 0.2) is 48.7 Å². The summed E-state index contributed by atoms with van der Waals surface area (Å²) in [4.78, 5) is 17.5. The number of rotatable bonds is 14. The summed E-state index contributed by atoms with van der Waals surface area (Å²) in [6, 6.07) is 14.9. The summed E-state index contributed by atoms with van der Waals surface area (Å²) >= 11 is 1.58. The van der Waals surface area contributed by atoms with Crippen LogP contribution < -0.4 is 9.47 Å². The Morgan fingerprint density at radius 2 is 1.66 bits per heavy atom. The van der Waals surface area contributed by atoms with E-state index >= 15 is 0 Å². The van der Waals surface area contributed by atoms with Gasteiger partial charge in [-0.3, -0.25) is 4.79 Å². The van der Waals surface area contributed by atoms with Gasteiger partial charge in [0.25, 0.3) is 0 Å². The molecule has 2 aromatic carbocycles. The first-order valence-corrected chi connectivity index (χ1v) is 18.1. The lowest BCUT2D eigenvalue weighted by Gasteiger charge is -2.42. The van der Waals surface area contributed by atoms with Crippen molar-refractivity contribution in [1.82, 2.24) is 4.98 Å². The SMILES string of the molecule is COC(=O)Cc1cnc(C[C@H](CCCc2ccccc2)[C@H](O[Si](C)(C)C(C)(C)C)c2cc(OC)c(C)c(OC)c2)s1. The quantitative estimate of drug-likeness (QED) is 0.138. The van der Waals surface area contributed by atoms with Gasteiger partial charge in [0.05, 0.1) is 38.9 Å². The molecule has 0 aliphatic heterocycles. The number of aromatic nitrogens is 1. The van der Waals surface area contributed by atoms with Crippen molar-refractivity contribution in [1.29, 1.82) is 0 Å². The highest BCUT2D eigenvalue weighted by molar-refractivity contribution is 7.11. The molecule has 3 aromatic rings. The van der Waals surface area contributed by atoms with Crippen LogP contribution in [0.2, 0.25) is 18.1 Å². The molecule has 8 heteroatoms. The summed E-state index contributed by atoms with van der Waals surface area (Å²) in [5.74, 6) is 1.49. The number of methoxy groups -OCH3 is 3. The van der Waals surface area contributed by atoms with Crippen LogP contribution in [0.25, 0.3) is 0 Å². The molecule has 2 atom stereocenters. The largest absolute Gasteiger partial charge is 0.496 e. The highest BCUT2D eigenvalue weighted by atomic mass is 32.1. The number of benzene rings is 2. The number of nitrogens with zero attached hydrogens (tertiary/aromatic N) is 1. The first-order valence-electron chi connectivity index (χ1n) is 14.3. The average Bonchev–Trinajstić information content (AvgIpc) is 3.37. The van der Waals surface area contributed by atoms with Gasteiger partial charge in [-0.2, -0.15) is 0 Å². The van der Waals surface area contributed by atoms with E-state index in [9.17, 15) is 4.79 Å². The summed E-state index contributed by atoms with van der Waals surface area (Å²) in [6.45, 7) is 13.5. The minimum absolute atomic E-state index is 0.0353. The summed E-state index contributed by atoms with van der Waals surface area (Å²) in [5, 5.41) is 1.04. The molecule has 0 aliphatic carbocycles.